The highest BCUT2D eigenvalue weighted by Gasteiger charge is 2.63. The quantitative estimate of drug-likeness (QED) is 0.336. The summed E-state index contributed by atoms with van der Waals surface area (Å²) in [5, 5.41) is 14.3. The number of ether oxygens (including phenoxy) is 2. The zero-order chi connectivity index (χ0) is 41.9. The zero-order valence-electron chi connectivity index (χ0n) is 34.6. The minimum atomic E-state index is -4.05. The van der Waals surface area contributed by atoms with Gasteiger partial charge < -0.3 is 24.8 Å². The van der Waals surface area contributed by atoms with Crippen LogP contribution in [0.4, 0.5) is 4.79 Å². The predicted molar refractivity (Wildman–Crippen MR) is 201 cm³/mol. The van der Waals surface area contributed by atoms with Crippen LogP contribution in [0.15, 0.2) is 42.6 Å². The highest BCUT2D eigenvalue weighted by Crippen LogP contribution is 2.48. The second kappa shape index (κ2) is 14.3. The van der Waals surface area contributed by atoms with Crippen LogP contribution in [0.1, 0.15) is 90.6 Å². The SMILES string of the molecule is [2H]C([2H])([2H])Oc1cnc(O[C@@H]2C[C@H]3C(=O)NC4(C(=O)NS(=O)(=O)C5(C)CC5)CC4/C=C\CC[C@H](C)C[C@@H](C)[C@H](N(C(=O)O)C(C)(C)C)C(=O)N3C2)c2ccccc12. The third-order valence-electron chi connectivity index (χ3n) is 11.5. The molecule has 2 unspecified atom stereocenters. The number of carbonyl (C=O) groups is 4. The van der Waals surface area contributed by atoms with E-state index >= 15 is 4.79 Å². The molecule has 0 radical (unpaired) electrons. The Hall–Kier alpha value is -4.40. The van der Waals surface area contributed by atoms with E-state index in [1.165, 1.54) is 11.1 Å². The molecule has 6 rings (SSSR count). The molecule has 0 spiro atoms. The maximum atomic E-state index is 15.0. The van der Waals surface area contributed by atoms with Gasteiger partial charge in [-0.1, -0.05) is 44.2 Å². The van der Waals surface area contributed by atoms with E-state index in [-0.39, 0.29) is 36.9 Å². The van der Waals surface area contributed by atoms with Crippen LogP contribution in [0.5, 0.6) is 11.6 Å². The fraction of sp³-hybridized carbons (Fsp3) is 0.615. The van der Waals surface area contributed by atoms with Gasteiger partial charge in [-0.25, -0.2) is 18.2 Å². The summed E-state index contributed by atoms with van der Waals surface area (Å²) in [6.07, 6.45) is 5.48. The van der Waals surface area contributed by atoms with Crippen LogP contribution in [0, 0.1) is 17.8 Å². The van der Waals surface area contributed by atoms with Crippen LogP contribution in [-0.4, -0.2) is 99.7 Å². The molecule has 14 nitrogen and oxygen atoms in total. The first-order valence-electron chi connectivity index (χ1n) is 20.1. The highest BCUT2D eigenvalue weighted by atomic mass is 32.2. The van der Waals surface area contributed by atoms with E-state index in [9.17, 15) is 27.9 Å². The minimum Gasteiger partial charge on any atom is -0.494 e. The van der Waals surface area contributed by atoms with Gasteiger partial charge >= 0.3 is 6.09 Å². The molecular weight excluding hydrogens is 715 g/mol. The molecule has 2 aliphatic carbocycles. The van der Waals surface area contributed by atoms with Crippen LogP contribution < -0.4 is 19.5 Å². The largest absolute Gasteiger partial charge is 0.494 e. The number of nitrogens with one attached hydrogen (secondary N) is 2. The average molecular weight is 771 g/mol. The second-order valence-electron chi connectivity index (χ2n) is 16.8. The lowest BCUT2D eigenvalue weighted by Gasteiger charge is -2.43. The molecular formula is C39H53N5O9S. The number of carbonyl (C=O) groups excluding carboxylic acids is 3. The molecule has 0 bridgehead atoms. The Labute approximate surface area is 321 Å². The van der Waals surface area contributed by atoms with E-state index in [1.54, 1.807) is 52.0 Å². The molecule has 15 heteroatoms. The second-order valence-corrected chi connectivity index (χ2v) is 19.0. The van der Waals surface area contributed by atoms with E-state index in [0.29, 0.717) is 42.9 Å². The van der Waals surface area contributed by atoms with Gasteiger partial charge in [-0.3, -0.25) is 24.0 Å². The lowest BCUT2D eigenvalue weighted by Crippen LogP contribution is -2.62. The van der Waals surface area contributed by atoms with Gasteiger partial charge in [-0.2, -0.15) is 0 Å². The molecule has 7 atom stereocenters. The lowest BCUT2D eigenvalue weighted by molar-refractivity contribution is -0.146. The van der Waals surface area contributed by atoms with Crippen LogP contribution in [-0.2, 0) is 24.4 Å². The summed E-state index contributed by atoms with van der Waals surface area (Å²) in [5.74, 6) is -3.01. The predicted octanol–water partition coefficient (Wildman–Crippen LogP) is 4.62. The number of sulfonamides is 1. The summed E-state index contributed by atoms with van der Waals surface area (Å²) in [6, 6.07) is 4.26. The standard InChI is InChI=1S/C39H53N5O9S/c1-23-12-8-9-13-25-20-39(25,35(47)42-54(50,51)38(6)16-17-38)41-32(45)29-19-26(53-33-28-15-11-10-14-27(28)30(52-7)21-40-33)22-43(29)34(46)31(24(2)18-23)44(36(48)49)37(3,4)5/h9-11,13-15,21,23-26,29,31H,8,12,16-20,22H2,1-7H3,(H,41,45)(H,42,47)(H,48,49)/b13-9-/t23-,24+,25?,26+,29-,31-,39?/m0/s1/i7D3. The summed E-state index contributed by atoms with van der Waals surface area (Å²) >= 11 is 0. The number of methoxy groups -OCH3 is 1. The first kappa shape index (κ1) is 35.3. The van der Waals surface area contributed by atoms with Gasteiger partial charge in [-0.05, 0) is 84.1 Å². The number of nitrogens with zero attached hydrogens (tertiary/aromatic N) is 3. The Morgan fingerprint density at radius 1 is 1.15 bits per heavy atom. The monoisotopic (exact) mass is 770 g/mol. The van der Waals surface area contributed by atoms with E-state index in [4.69, 9.17) is 13.6 Å². The molecule has 4 aliphatic rings. The number of amides is 4. The maximum absolute atomic E-state index is 15.0. The molecule has 3 N–H and O–H groups in total. The van der Waals surface area contributed by atoms with E-state index in [0.717, 1.165) is 4.90 Å². The van der Waals surface area contributed by atoms with Crippen molar-refractivity contribution in [3.05, 3.63) is 42.6 Å². The molecule has 1 aromatic carbocycles. The van der Waals surface area contributed by atoms with Crippen molar-refractivity contribution in [2.45, 2.75) is 121 Å². The van der Waals surface area contributed by atoms with Crippen LogP contribution in [0.2, 0.25) is 0 Å². The van der Waals surface area contributed by atoms with E-state index in [2.05, 4.69) is 15.0 Å². The van der Waals surface area contributed by atoms with E-state index in [1.807, 2.05) is 26.0 Å². The average Bonchev–Trinajstić information content (AvgIpc) is 3.98. The van der Waals surface area contributed by atoms with Crippen molar-refractivity contribution in [3.8, 4) is 11.6 Å². The number of pyridine rings is 1. The normalized spacial score (nSPS) is 31.5. The van der Waals surface area contributed by atoms with Crippen LogP contribution in [0.25, 0.3) is 10.8 Å². The smallest absolute Gasteiger partial charge is 0.408 e. The minimum absolute atomic E-state index is 0.00268. The van der Waals surface area contributed by atoms with Crippen molar-refractivity contribution in [2.24, 2.45) is 17.8 Å². The number of hydrogen-bond donors (Lipinski definition) is 3. The zero-order valence-corrected chi connectivity index (χ0v) is 32.4. The van der Waals surface area contributed by atoms with Crippen LogP contribution >= 0.6 is 0 Å². The number of fused-ring (bicyclic) bond motifs is 3. The third-order valence-corrected chi connectivity index (χ3v) is 13.7. The van der Waals surface area contributed by atoms with Crippen molar-refractivity contribution in [1.29, 1.82) is 0 Å². The topological polar surface area (TPSA) is 185 Å². The van der Waals surface area contributed by atoms with Crippen LogP contribution in [0.3, 0.4) is 0 Å². The molecule has 2 saturated carbocycles. The Kier molecular flexibility index (Phi) is 9.38. The first-order chi connectivity index (χ1) is 26.5. The third kappa shape index (κ3) is 7.47. The highest BCUT2D eigenvalue weighted by molar-refractivity contribution is 7.91. The fourth-order valence-corrected chi connectivity index (χ4v) is 9.35. The Morgan fingerprint density at radius 2 is 1.85 bits per heavy atom. The van der Waals surface area contributed by atoms with Gasteiger partial charge in [-0.15, -0.1) is 0 Å². The molecule has 294 valence electrons. The number of rotatable bonds is 7. The summed E-state index contributed by atoms with van der Waals surface area (Å²) in [6.45, 7) is 10.4. The van der Waals surface area contributed by atoms with Gasteiger partial charge in [0.05, 0.1) is 28.6 Å². The van der Waals surface area contributed by atoms with Gasteiger partial charge in [0.25, 0.3) is 5.91 Å². The lowest BCUT2D eigenvalue weighted by atomic mass is 9.85. The summed E-state index contributed by atoms with van der Waals surface area (Å²) in [7, 11) is -6.80. The van der Waals surface area contributed by atoms with Crippen molar-refractivity contribution in [3.63, 3.8) is 0 Å². The Bertz CT molecular complexity index is 2070. The van der Waals surface area contributed by atoms with Crippen molar-refractivity contribution in [2.75, 3.05) is 13.6 Å². The number of aromatic nitrogens is 1. The fourth-order valence-electron chi connectivity index (χ4n) is 8.04. The number of hydrogen-bond acceptors (Lipinski definition) is 9. The molecule has 4 amide bonds. The van der Waals surface area contributed by atoms with Gasteiger partial charge in [0.2, 0.25) is 27.7 Å². The Balaban J connectivity index is 1.40. The van der Waals surface area contributed by atoms with Gasteiger partial charge in [0, 0.05) is 28.7 Å². The van der Waals surface area contributed by atoms with E-state index < -0.39 is 86.7 Å². The number of allylic oxidation sites excluding steroid dienone is 1. The molecule has 3 fully saturated rings. The molecule has 2 aromatic rings. The summed E-state index contributed by atoms with van der Waals surface area (Å²) in [4.78, 5) is 63.4. The maximum Gasteiger partial charge on any atom is 0.408 e. The van der Waals surface area contributed by atoms with Crippen molar-refractivity contribution >= 4 is 44.6 Å². The van der Waals surface area contributed by atoms with Crippen molar-refractivity contribution in [1.82, 2.24) is 24.8 Å². The van der Waals surface area contributed by atoms with Gasteiger partial charge in [0.15, 0.2) is 0 Å². The molecule has 2 aliphatic heterocycles. The Morgan fingerprint density at radius 3 is 2.50 bits per heavy atom. The molecule has 1 aromatic heterocycles. The van der Waals surface area contributed by atoms with Crippen molar-refractivity contribution < 1.29 is 46.3 Å². The first-order valence-corrected chi connectivity index (χ1v) is 20.1. The molecule has 3 heterocycles. The summed E-state index contributed by atoms with van der Waals surface area (Å²) < 4.78 is 61.9. The summed E-state index contributed by atoms with van der Waals surface area (Å²) in [5.41, 5.74) is -2.62. The van der Waals surface area contributed by atoms with Gasteiger partial charge in [0.1, 0.15) is 29.5 Å². The molecule has 1 saturated heterocycles. The number of carboxylic acid groups (broad SMARTS) is 1. The number of benzene rings is 1. The molecule has 54 heavy (non-hydrogen) atoms.